The molecule has 1 aromatic heterocycles. The molecule has 2 bridgehead atoms. The van der Waals surface area contributed by atoms with Gasteiger partial charge in [-0.15, -0.1) is 10.2 Å². The van der Waals surface area contributed by atoms with E-state index in [-0.39, 0.29) is 0 Å². The van der Waals surface area contributed by atoms with Crippen molar-refractivity contribution in [1.82, 2.24) is 15.1 Å². The molecule has 0 radical (unpaired) electrons. The maximum absolute atomic E-state index is 4.29. The first kappa shape index (κ1) is 12.4. The zero-order chi connectivity index (χ0) is 12.5. The number of rotatable bonds is 4. The van der Waals surface area contributed by atoms with Gasteiger partial charge in [0.1, 0.15) is 5.01 Å². The van der Waals surface area contributed by atoms with Gasteiger partial charge >= 0.3 is 0 Å². The first-order valence-corrected chi connectivity index (χ1v) is 7.83. The third kappa shape index (κ3) is 2.67. The van der Waals surface area contributed by atoms with Crippen LogP contribution in [-0.4, -0.2) is 40.8 Å². The molecule has 3 aliphatic heterocycles. The van der Waals surface area contributed by atoms with Crippen molar-refractivity contribution in [2.75, 3.05) is 25.0 Å². The maximum atomic E-state index is 4.29. The molecule has 100 valence electrons. The van der Waals surface area contributed by atoms with Gasteiger partial charge < -0.3 is 10.2 Å². The fourth-order valence-electron chi connectivity index (χ4n) is 3.03. The summed E-state index contributed by atoms with van der Waals surface area (Å²) in [5.74, 6) is 1.50. The molecule has 1 N–H and O–H groups in total. The Kier molecular flexibility index (Phi) is 3.52. The summed E-state index contributed by atoms with van der Waals surface area (Å²) in [4.78, 5) is 2.56. The Balaban J connectivity index is 1.60. The summed E-state index contributed by atoms with van der Waals surface area (Å²) < 4.78 is 0. The largest absolute Gasteiger partial charge is 0.356 e. The molecule has 0 amide bonds. The number of nitrogens with zero attached hydrogens (tertiary/aromatic N) is 3. The predicted octanol–water partition coefficient (Wildman–Crippen LogP) is 2.24. The monoisotopic (exact) mass is 266 g/mol. The van der Waals surface area contributed by atoms with E-state index in [1.807, 2.05) is 0 Å². The van der Waals surface area contributed by atoms with Crippen LogP contribution in [0.5, 0.6) is 0 Å². The Hall–Kier alpha value is -0.680. The molecule has 1 atom stereocenters. The number of fused-ring (bicyclic) bond motifs is 3. The van der Waals surface area contributed by atoms with Crippen LogP contribution in [0, 0.1) is 11.8 Å². The highest BCUT2D eigenvalue weighted by Gasteiger charge is 2.34. The summed E-state index contributed by atoms with van der Waals surface area (Å²) in [6.45, 7) is 8.21. The van der Waals surface area contributed by atoms with E-state index in [0.717, 1.165) is 22.5 Å². The van der Waals surface area contributed by atoms with Gasteiger partial charge in [-0.3, -0.25) is 0 Å². The molecule has 3 fully saturated rings. The lowest BCUT2D eigenvalue weighted by Crippen LogP contribution is -2.53. The molecule has 0 aromatic carbocycles. The van der Waals surface area contributed by atoms with E-state index < -0.39 is 0 Å². The first-order valence-electron chi connectivity index (χ1n) is 7.02. The second-order valence-corrected chi connectivity index (χ2v) is 7.05. The lowest BCUT2D eigenvalue weighted by Gasteiger charge is -2.44. The van der Waals surface area contributed by atoms with Crippen LogP contribution >= 0.6 is 11.3 Å². The van der Waals surface area contributed by atoms with Crippen molar-refractivity contribution in [3.05, 3.63) is 5.01 Å². The Morgan fingerprint density at radius 2 is 2.11 bits per heavy atom. The highest BCUT2D eigenvalue weighted by Crippen LogP contribution is 2.30. The molecular weight excluding hydrogens is 244 g/mol. The summed E-state index contributed by atoms with van der Waals surface area (Å²) in [7, 11) is 0. The Labute approximate surface area is 113 Å². The molecule has 3 saturated heterocycles. The molecule has 0 spiro atoms. The highest BCUT2D eigenvalue weighted by molar-refractivity contribution is 7.15. The van der Waals surface area contributed by atoms with Crippen LogP contribution in [0.15, 0.2) is 0 Å². The van der Waals surface area contributed by atoms with E-state index in [0.29, 0.717) is 12.0 Å². The van der Waals surface area contributed by atoms with Gasteiger partial charge in [-0.1, -0.05) is 25.2 Å². The number of nitrogens with one attached hydrogen (secondary N) is 1. The standard InChI is InChI=1S/C13H22N4S/c1-9(2)7-12-15-16-13(18-12)14-11-8-17-5-3-10(11)4-6-17/h9-11H,3-8H2,1-2H3,(H,14,16). The second kappa shape index (κ2) is 5.13. The van der Waals surface area contributed by atoms with E-state index in [1.165, 1.54) is 32.5 Å². The average Bonchev–Trinajstić information content (AvgIpc) is 2.77. The van der Waals surface area contributed by atoms with Crippen LogP contribution in [0.3, 0.4) is 0 Å². The van der Waals surface area contributed by atoms with Crippen molar-refractivity contribution in [2.24, 2.45) is 11.8 Å². The van der Waals surface area contributed by atoms with Crippen molar-refractivity contribution in [2.45, 2.75) is 39.2 Å². The Morgan fingerprint density at radius 1 is 1.33 bits per heavy atom. The van der Waals surface area contributed by atoms with Crippen LogP contribution < -0.4 is 5.32 Å². The number of anilines is 1. The van der Waals surface area contributed by atoms with E-state index in [2.05, 4.69) is 34.3 Å². The quantitative estimate of drug-likeness (QED) is 0.907. The molecular formula is C13H22N4S. The Morgan fingerprint density at radius 3 is 2.72 bits per heavy atom. The molecule has 5 heteroatoms. The molecule has 4 nitrogen and oxygen atoms in total. The summed E-state index contributed by atoms with van der Waals surface area (Å²) in [6, 6.07) is 0.590. The van der Waals surface area contributed by atoms with Crippen molar-refractivity contribution >= 4 is 16.5 Å². The molecule has 0 saturated carbocycles. The minimum Gasteiger partial charge on any atom is -0.356 e. The van der Waals surface area contributed by atoms with Gasteiger partial charge in [0.05, 0.1) is 0 Å². The van der Waals surface area contributed by atoms with E-state index in [4.69, 9.17) is 0 Å². The van der Waals surface area contributed by atoms with E-state index >= 15 is 0 Å². The van der Waals surface area contributed by atoms with Gasteiger partial charge in [0, 0.05) is 19.0 Å². The maximum Gasteiger partial charge on any atom is 0.205 e. The summed E-state index contributed by atoms with van der Waals surface area (Å²) >= 11 is 1.73. The molecule has 4 heterocycles. The van der Waals surface area contributed by atoms with Crippen LogP contribution in [0.2, 0.25) is 0 Å². The molecule has 0 aliphatic carbocycles. The van der Waals surface area contributed by atoms with Gasteiger partial charge in [0.2, 0.25) is 5.13 Å². The molecule has 1 unspecified atom stereocenters. The summed E-state index contributed by atoms with van der Waals surface area (Å²) in [6.07, 6.45) is 3.73. The molecule has 4 rings (SSSR count). The SMILES string of the molecule is CC(C)Cc1nnc(NC2CN3CCC2CC3)s1. The number of hydrogen-bond acceptors (Lipinski definition) is 5. The van der Waals surface area contributed by atoms with Gasteiger partial charge in [-0.2, -0.15) is 0 Å². The van der Waals surface area contributed by atoms with Crippen molar-refractivity contribution in [3.8, 4) is 0 Å². The van der Waals surface area contributed by atoms with Gasteiger partial charge in [0.25, 0.3) is 0 Å². The highest BCUT2D eigenvalue weighted by atomic mass is 32.1. The fourth-order valence-corrected chi connectivity index (χ4v) is 4.04. The first-order chi connectivity index (χ1) is 8.70. The van der Waals surface area contributed by atoms with Crippen LogP contribution in [-0.2, 0) is 6.42 Å². The van der Waals surface area contributed by atoms with E-state index in [9.17, 15) is 0 Å². The topological polar surface area (TPSA) is 41.1 Å². The van der Waals surface area contributed by atoms with Crippen LogP contribution in [0.1, 0.15) is 31.7 Å². The third-order valence-electron chi connectivity index (χ3n) is 4.01. The second-order valence-electron chi connectivity index (χ2n) is 5.99. The summed E-state index contributed by atoms with van der Waals surface area (Å²) in [5.41, 5.74) is 0. The molecule has 18 heavy (non-hydrogen) atoms. The smallest absolute Gasteiger partial charge is 0.205 e. The lowest BCUT2D eigenvalue weighted by molar-refractivity contribution is 0.0975. The van der Waals surface area contributed by atoms with E-state index in [1.54, 1.807) is 11.3 Å². The minimum atomic E-state index is 0.590. The fraction of sp³-hybridized carbons (Fsp3) is 0.846. The van der Waals surface area contributed by atoms with Gasteiger partial charge in [-0.25, -0.2) is 0 Å². The third-order valence-corrected chi connectivity index (χ3v) is 4.89. The molecule has 1 aromatic rings. The lowest BCUT2D eigenvalue weighted by atomic mass is 9.84. The zero-order valence-electron chi connectivity index (χ0n) is 11.2. The Bertz CT molecular complexity index is 395. The normalized spacial score (nSPS) is 30.9. The van der Waals surface area contributed by atoms with Crippen molar-refractivity contribution < 1.29 is 0 Å². The van der Waals surface area contributed by atoms with Crippen molar-refractivity contribution in [1.29, 1.82) is 0 Å². The summed E-state index contributed by atoms with van der Waals surface area (Å²) in [5, 5.41) is 14.4. The average molecular weight is 266 g/mol. The van der Waals surface area contributed by atoms with Crippen molar-refractivity contribution in [3.63, 3.8) is 0 Å². The zero-order valence-corrected chi connectivity index (χ0v) is 12.0. The van der Waals surface area contributed by atoms with Gasteiger partial charge in [-0.05, 0) is 37.8 Å². The minimum absolute atomic E-state index is 0.590. The van der Waals surface area contributed by atoms with Crippen LogP contribution in [0.25, 0.3) is 0 Å². The predicted molar refractivity (Wildman–Crippen MR) is 75.0 cm³/mol. The molecule has 3 aliphatic rings. The number of piperidine rings is 3. The number of hydrogen-bond donors (Lipinski definition) is 1. The van der Waals surface area contributed by atoms with Crippen LogP contribution in [0.4, 0.5) is 5.13 Å². The number of aromatic nitrogens is 2. The van der Waals surface area contributed by atoms with Gasteiger partial charge in [0.15, 0.2) is 0 Å².